The number of nitrogens with one attached hydrogen (secondary N) is 2. The molecule has 0 aliphatic heterocycles. The Bertz CT molecular complexity index is 704. The van der Waals surface area contributed by atoms with Crippen LogP contribution in [0.2, 0.25) is 0 Å². The van der Waals surface area contributed by atoms with Gasteiger partial charge in [-0.2, -0.15) is 4.21 Å². The van der Waals surface area contributed by atoms with Crippen LogP contribution < -0.4 is 10.6 Å². The van der Waals surface area contributed by atoms with Crippen LogP contribution in [0, 0.1) is 0 Å². The van der Waals surface area contributed by atoms with E-state index in [9.17, 15) is 14.4 Å². The van der Waals surface area contributed by atoms with E-state index in [-0.39, 0.29) is 19.9 Å². The number of rotatable bonds is 11. The van der Waals surface area contributed by atoms with Crippen LogP contribution in [0.1, 0.15) is 5.56 Å². The average Bonchev–Trinajstić information content (AvgIpc) is 2.65. The fraction of sp³-hybridized carbons (Fsp3) is 0.333. The summed E-state index contributed by atoms with van der Waals surface area (Å²) in [6, 6.07) is 10.8. The Morgan fingerprint density at radius 3 is 2.50 bits per heavy atom. The summed E-state index contributed by atoms with van der Waals surface area (Å²) in [6.07, 6.45) is 0. The fourth-order valence-corrected chi connectivity index (χ4v) is 2.86. The Labute approximate surface area is 157 Å². The first-order chi connectivity index (χ1) is 12.6. The summed E-state index contributed by atoms with van der Waals surface area (Å²) in [5, 5.41) is 24.5. The molecule has 0 saturated carbocycles. The summed E-state index contributed by atoms with van der Waals surface area (Å²) < 4.78 is 23.7. The zero-order chi connectivity index (χ0) is 18.8. The normalized spacial score (nSPS) is 12.2. The van der Waals surface area contributed by atoms with Crippen LogP contribution in [-0.2, 0) is 21.3 Å². The van der Waals surface area contributed by atoms with Crippen LogP contribution in [0.3, 0.4) is 0 Å². The monoisotopic (exact) mass is 400 g/mol. The van der Waals surface area contributed by atoms with E-state index in [1.165, 1.54) is 11.8 Å². The number of aromatic nitrogens is 2. The summed E-state index contributed by atoms with van der Waals surface area (Å²) in [5.41, 5.74) is 1.11. The molecule has 0 amide bonds. The molecule has 26 heavy (non-hydrogen) atoms. The molecule has 0 aliphatic carbocycles. The predicted molar refractivity (Wildman–Crippen MR) is 100.0 cm³/mol. The molecule has 11 heteroatoms. The SMILES string of the molecule is O=S(O)OCNc1cc(NC(CO)CO)nc(SCc2ccccc2)n1. The van der Waals surface area contributed by atoms with Crippen molar-refractivity contribution in [2.24, 2.45) is 0 Å². The van der Waals surface area contributed by atoms with Crippen molar-refractivity contribution in [2.45, 2.75) is 17.0 Å². The van der Waals surface area contributed by atoms with E-state index in [0.29, 0.717) is 22.5 Å². The lowest BCUT2D eigenvalue weighted by Gasteiger charge is -2.15. The molecular formula is C15H20N4O5S2. The van der Waals surface area contributed by atoms with Crippen molar-refractivity contribution in [1.82, 2.24) is 9.97 Å². The first kappa shape index (κ1) is 20.6. The third kappa shape index (κ3) is 7.23. The van der Waals surface area contributed by atoms with E-state index in [4.69, 9.17) is 4.55 Å². The van der Waals surface area contributed by atoms with Crippen molar-refractivity contribution in [1.29, 1.82) is 0 Å². The molecule has 1 atom stereocenters. The predicted octanol–water partition coefficient (Wildman–Crippen LogP) is 1.06. The minimum absolute atomic E-state index is 0.216. The van der Waals surface area contributed by atoms with Crippen LogP contribution in [0.4, 0.5) is 11.6 Å². The lowest BCUT2D eigenvalue weighted by Crippen LogP contribution is -2.28. The zero-order valence-corrected chi connectivity index (χ0v) is 15.4. The van der Waals surface area contributed by atoms with Gasteiger partial charge in [-0.3, -0.25) is 4.55 Å². The van der Waals surface area contributed by atoms with Gasteiger partial charge in [0, 0.05) is 11.8 Å². The Hall–Kier alpha value is -1.76. The van der Waals surface area contributed by atoms with E-state index < -0.39 is 17.4 Å². The van der Waals surface area contributed by atoms with Gasteiger partial charge >= 0.3 is 11.4 Å². The van der Waals surface area contributed by atoms with Crippen molar-refractivity contribution in [3.05, 3.63) is 42.0 Å². The number of thioether (sulfide) groups is 1. The van der Waals surface area contributed by atoms with Crippen LogP contribution in [-0.4, -0.2) is 54.9 Å². The van der Waals surface area contributed by atoms with E-state index in [0.717, 1.165) is 5.56 Å². The number of benzene rings is 1. The van der Waals surface area contributed by atoms with Crippen molar-refractivity contribution >= 4 is 34.8 Å². The number of anilines is 2. The second kappa shape index (κ2) is 11.1. The van der Waals surface area contributed by atoms with Crippen LogP contribution in [0.15, 0.2) is 41.6 Å². The van der Waals surface area contributed by atoms with Gasteiger partial charge in [0.1, 0.15) is 18.4 Å². The van der Waals surface area contributed by atoms with Gasteiger partial charge in [0.05, 0.1) is 19.3 Å². The molecule has 0 fully saturated rings. The molecule has 1 aromatic heterocycles. The Morgan fingerprint density at radius 1 is 1.15 bits per heavy atom. The second-order valence-electron chi connectivity index (χ2n) is 5.06. The van der Waals surface area contributed by atoms with E-state index >= 15 is 0 Å². The minimum Gasteiger partial charge on any atom is -0.394 e. The topological polar surface area (TPSA) is 137 Å². The fourth-order valence-electron chi connectivity index (χ4n) is 1.89. The number of aliphatic hydroxyl groups is 2. The van der Waals surface area contributed by atoms with E-state index in [1.807, 2.05) is 30.3 Å². The lowest BCUT2D eigenvalue weighted by atomic mass is 10.2. The van der Waals surface area contributed by atoms with Gasteiger partial charge in [-0.1, -0.05) is 42.1 Å². The molecule has 1 heterocycles. The Kier molecular flexibility index (Phi) is 8.74. The highest BCUT2D eigenvalue weighted by Crippen LogP contribution is 2.23. The molecule has 0 spiro atoms. The summed E-state index contributed by atoms with van der Waals surface area (Å²) in [6.45, 7) is -0.740. The maximum Gasteiger partial charge on any atom is 0.303 e. The van der Waals surface area contributed by atoms with E-state index in [2.05, 4.69) is 24.8 Å². The van der Waals surface area contributed by atoms with Gasteiger partial charge in [0.25, 0.3) is 0 Å². The minimum atomic E-state index is -2.38. The first-order valence-electron chi connectivity index (χ1n) is 7.62. The molecule has 1 aromatic carbocycles. The molecule has 0 aliphatic rings. The summed E-state index contributed by atoms with van der Waals surface area (Å²) in [4.78, 5) is 8.68. The van der Waals surface area contributed by atoms with Crippen molar-refractivity contribution < 1.29 is 23.2 Å². The number of aliphatic hydroxyl groups excluding tert-OH is 2. The molecular weight excluding hydrogens is 380 g/mol. The second-order valence-corrected chi connectivity index (χ2v) is 6.67. The first-order valence-corrected chi connectivity index (χ1v) is 9.64. The van der Waals surface area contributed by atoms with E-state index in [1.54, 1.807) is 6.07 Å². The highest BCUT2D eigenvalue weighted by molar-refractivity contribution is 7.98. The molecule has 1 unspecified atom stereocenters. The Morgan fingerprint density at radius 2 is 1.85 bits per heavy atom. The molecule has 9 nitrogen and oxygen atoms in total. The molecule has 0 saturated heterocycles. The zero-order valence-electron chi connectivity index (χ0n) is 13.7. The Balaban J connectivity index is 2.11. The third-order valence-electron chi connectivity index (χ3n) is 3.12. The van der Waals surface area contributed by atoms with Gasteiger partial charge in [-0.15, -0.1) is 0 Å². The van der Waals surface area contributed by atoms with Gasteiger partial charge < -0.3 is 20.8 Å². The number of hydrogen-bond acceptors (Lipinski definition) is 9. The summed E-state index contributed by atoms with van der Waals surface area (Å²) >= 11 is -0.977. The molecule has 142 valence electrons. The van der Waals surface area contributed by atoms with Gasteiger partial charge in [-0.05, 0) is 5.56 Å². The van der Waals surface area contributed by atoms with Crippen LogP contribution >= 0.6 is 11.8 Å². The number of hydrogen-bond donors (Lipinski definition) is 5. The van der Waals surface area contributed by atoms with Crippen molar-refractivity contribution in [3.63, 3.8) is 0 Å². The highest BCUT2D eigenvalue weighted by atomic mass is 32.2. The van der Waals surface area contributed by atoms with Crippen LogP contribution in [0.5, 0.6) is 0 Å². The highest BCUT2D eigenvalue weighted by Gasteiger charge is 2.10. The molecule has 0 bridgehead atoms. The quantitative estimate of drug-likeness (QED) is 0.161. The van der Waals surface area contributed by atoms with Gasteiger partial charge in [-0.25, -0.2) is 14.2 Å². The lowest BCUT2D eigenvalue weighted by molar-refractivity contribution is 0.203. The smallest absolute Gasteiger partial charge is 0.303 e. The molecule has 2 rings (SSSR count). The summed E-state index contributed by atoms with van der Waals surface area (Å²) in [7, 11) is 0. The van der Waals surface area contributed by atoms with Gasteiger partial charge in [0.2, 0.25) is 0 Å². The molecule has 2 aromatic rings. The number of nitrogens with zero attached hydrogens (tertiary/aromatic N) is 2. The molecule has 5 N–H and O–H groups in total. The summed E-state index contributed by atoms with van der Waals surface area (Å²) in [5.74, 6) is 1.43. The van der Waals surface area contributed by atoms with Gasteiger partial charge in [0.15, 0.2) is 5.16 Å². The third-order valence-corrected chi connectivity index (χ3v) is 4.36. The van der Waals surface area contributed by atoms with Crippen molar-refractivity contribution in [3.8, 4) is 0 Å². The van der Waals surface area contributed by atoms with Crippen LogP contribution in [0.25, 0.3) is 0 Å². The largest absolute Gasteiger partial charge is 0.394 e. The average molecular weight is 400 g/mol. The maximum absolute atomic E-state index is 10.6. The molecule has 0 radical (unpaired) electrons. The standard InChI is InChI=1S/C15H20N4O5S2/c20-7-12(8-21)17-14-6-13(16-10-24-26(22)23)18-15(19-14)25-9-11-4-2-1-3-5-11/h1-6,12,20-21H,7-10H2,(H,22,23)(H2,16,17,18,19). The van der Waals surface area contributed by atoms with Crippen molar-refractivity contribution in [2.75, 3.05) is 30.6 Å². The maximum atomic E-state index is 10.6.